The van der Waals surface area contributed by atoms with E-state index in [1.165, 1.54) is 5.56 Å². The largest absolute Gasteiger partial charge is 0.497 e. The molecule has 8 heteroatoms. The molecule has 1 aromatic heterocycles. The number of carbonyl (C=O) groups is 1. The van der Waals surface area contributed by atoms with E-state index in [-0.39, 0.29) is 18.5 Å². The molecule has 1 fully saturated rings. The van der Waals surface area contributed by atoms with Gasteiger partial charge in [-0.05, 0) is 38.0 Å². The Bertz CT molecular complexity index is 1090. The van der Waals surface area contributed by atoms with Gasteiger partial charge < -0.3 is 14.8 Å². The van der Waals surface area contributed by atoms with Crippen molar-refractivity contribution in [2.75, 3.05) is 40.0 Å². The van der Waals surface area contributed by atoms with E-state index >= 15 is 0 Å². The number of benzene rings is 2. The van der Waals surface area contributed by atoms with Crippen LogP contribution in [-0.4, -0.2) is 71.6 Å². The zero-order valence-corrected chi connectivity index (χ0v) is 20.2. The topological polar surface area (TPSA) is 81.5 Å². The molecule has 2 heterocycles. The number of nitrogens with zero attached hydrogens (tertiary/aromatic N) is 4. The number of ether oxygens (including phenoxy) is 2. The molecule has 180 valence electrons. The van der Waals surface area contributed by atoms with Crippen molar-refractivity contribution in [1.29, 1.82) is 0 Å². The van der Waals surface area contributed by atoms with Crippen molar-refractivity contribution < 1.29 is 14.3 Å². The van der Waals surface area contributed by atoms with Crippen LogP contribution in [0.4, 0.5) is 0 Å². The fourth-order valence-corrected chi connectivity index (χ4v) is 3.99. The number of methoxy groups -OCH3 is 1. The van der Waals surface area contributed by atoms with Gasteiger partial charge >= 0.3 is 0 Å². The highest BCUT2D eigenvalue weighted by Crippen LogP contribution is 2.26. The Morgan fingerprint density at radius 2 is 1.88 bits per heavy atom. The van der Waals surface area contributed by atoms with Crippen molar-refractivity contribution >= 4 is 5.91 Å². The number of amides is 1. The Kier molecular flexibility index (Phi) is 7.92. The Morgan fingerprint density at radius 3 is 2.59 bits per heavy atom. The molecule has 1 N–H and O–H groups in total. The summed E-state index contributed by atoms with van der Waals surface area (Å²) in [7, 11) is 1.63. The first-order valence-corrected chi connectivity index (χ1v) is 11.8. The fraction of sp³-hybridized carbons (Fsp3) is 0.423. The van der Waals surface area contributed by atoms with Gasteiger partial charge in [-0.1, -0.05) is 36.4 Å². The summed E-state index contributed by atoms with van der Waals surface area (Å²) < 4.78 is 12.5. The van der Waals surface area contributed by atoms with E-state index in [1.807, 2.05) is 38.1 Å². The van der Waals surface area contributed by atoms with Crippen LogP contribution in [0, 0.1) is 0 Å². The molecule has 0 radical (unpaired) electrons. The predicted molar refractivity (Wildman–Crippen MR) is 132 cm³/mol. The molecule has 8 nitrogen and oxygen atoms in total. The monoisotopic (exact) mass is 463 g/mol. The van der Waals surface area contributed by atoms with Crippen LogP contribution < -0.4 is 10.1 Å². The SMILES string of the molecule is COc1cccc(-c2nc(-c3ccc(CCN4CCOCC4)cc3)nn2CC(=O)NC(C)C)c1. The third-order valence-corrected chi connectivity index (χ3v) is 5.78. The Balaban J connectivity index is 1.55. The third kappa shape index (κ3) is 6.21. The van der Waals surface area contributed by atoms with Gasteiger partial charge in [-0.2, -0.15) is 0 Å². The van der Waals surface area contributed by atoms with E-state index in [0.717, 1.165) is 56.1 Å². The van der Waals surface area contributed by atoms with Gasteiger partial charge in [0.2, 0.25) is 5.91 Å². The lowest BCUT2D eigenvalue weighted by Crippen LogP contribution is -2.37. The molecule has 3 aromatic rings. The number of rotatable bonds is 9. The van der Waals surface area contributed by atoms with Crippen LogP contribution in [0.2, 0.25) is 0 Å². The number of hydrogen-bond donors (Lipinski definition) is 1. The quantitative estimate of drug-likeness (QED) is 0.525. The van der Waals surface area contributed by atoms with Crippen molar-refractivity contribution in [1.82, 2.24) is 25.0 Å². The third-order valence-electron chi connectivity index (χ3n) is 5.78. The van der Waals surface area contributed by atoms with Gasteiger partial charge in [-0.25, -0.2) is 9.67 Å². The van der Waals surface area contributed by atoms with Crippen LogP contribution in [0.1, 0.15) is 19.4 Å². The lowest BCUT2D eigenvalue weighted by Gasteiger charge is -2.26. The number of morpholine rings is 1. The summed E-state index contributed by atoms with van der Waals surface area (Å²) in [6, 6.07) is 16.1. The second-order valence-electron chi connectivity index (χ2n) is 8.77. The first-order valence-electron chi connectivity index (χ1n) is 11.8. The van der Waals surface area contributed by atoms with E-state index < -0.39 is 0 Å². The molecule has 1 aliphatic heterocycles. The van der Waals surface area contributed by atoms with Crippen LogP contribution >= 0.6 is 0 Å². The summed E-state index contributed by atoms with van der Waals surface area (Å²) in [4.78, 5) is 19.7. The molecule has 1 amide bonds. The zero-order valence-electron chi connectivity index (χ0n) is 20.2. The van der Waals surface area contributed by atoms with Gasteiger partial charge in [0.1, 0.15) is 12.3 Å². The van der Waals surface area contributed by atoms with Crippen LogP contribution in [-0.2, 0) is 22.5 Å². The van der Waals surface area contributed by atoms with Crippen LogP contribution in [0.5, 0.6) is 5.75 Å². The van der Waals surface area contributed by atoms with Crippen molar-refractivity contribution in [3.05, 3.63) is 54.1 Å². The highest BCUT2D eigenvalue weighted by molar-refractivity contribution is 5.77. The molecule has 0 bridgehead atoms. The summed E-state index contributed by atoms with van der Waals surface area (Å²) in [6.07, 6.45) is 0.993. The molecule has 34 heavy (non-hydrogen) atoms. The molecule has 0 atom stereocenters. The Hall–Kier alpha value is -3.23. The summed E-state index contributed by atoms with van der Waals surface area (Å²) in [5.74, 6) is 1.85. The highest BCUT2D eigenvalue weighted by Gasteiger charge is 2.17. The summed E-state index contributed by atoms with van der Waals surface area (Å²) >= 11 is 0. The van der Waals surface area contributed by atoms with Gasteiger partial charge in [-0.3, -0.25) is 9.69 Å². The zero-order chi connectivity index (χ0) is 23.9. The molecule has 4 rings (SSSR count). The van der Waals surface area contributed by atoms with E-state index in [9.17, 15) is 4.79 Å². The van der Waals surface area contributed by atoms with Crippen molar-refractivity contribution in [2.45, 2.75) is 32.9 Å². The molecule has 2 aromatic carbocycles. The van der Waals surface area contributed by atoms with E-state index in [0.29, 0.717) is 11.6 Å². The Labute approximate surface area is 200 Å². The maximum absolute atomic E-state index is 12.5. The number of carbonyl (C=O) groups excluding carboxylic acids is 1. The van der Waals surface area contributed by atoms with Crippen molar-refractivity contribution in [3.8, 4) is 28.5 Å². The Morgan fingerprint density at radius 1 is 1.12 bits per heavy atom. The summed E-state index contributed by atoms with van der Waals surface area (Å²) in [5.41, 5.74) is 3.04. The molecular formula is C26H33N5O3. The maximum atomic E-state index is 12.5. The number of nitrogens with one attached hydrogen (secondary N) is 1. The second kappa shape index (κ2) is 11.3. The number of aromatic nitrogens is 3. The summed E-state index contributed by atoms with van der Waals surface area (Å²) in [6.45, 7) is 8.63. The van der Waals surface area contributed by atoms with Gasteiger partial charge in [0.25, 0.3) is 0 Å². The second-order valence-corrected chi connectivity index (χ2v) is 8.77. The van der Waals surface area contributed by atoms with E-state index in [4.69, 9.17) is 19.6 Å². The lowest BCUT2D eigenvalue weighted by atomic mass is 10.1. The molecular weight excluding hydrogens is 430 g/mol. The van der Waals surface area contributed by atoms with Gasteiger partial charge in [0.05, 0.1) is 20.3 Å². The average Bonchev–Trinajstić information content (AvgIpc) is 3.26. The van der Waals surface area contributed by atoms with Crippen LogP contribution in [0.3, 0.4) is 0 Å². The van der Waals surface area contributed by atoms with Gasteiger partial charge in [0, 0.05) is 36.8 Å². The van der Waals surface area contributed by atoms with Crippen molar-refractivity contribution in [2.24, 2.45) is 0 Å². The standard InChI is InChI=1S/C26H33N5O3/c1-19(2)27-24(32)18-31-26(22-5-4-6-23(17-22)33-3)28-25(29-31)21-9-7-20(8-10-21)11-12-30-13-15-34-16-14-30/h4-10,17,19H,11-16,18H2,1-3H3,(H,27,32). The lowest BCUT2D eigenvalue weighted by molar-refractivity contribution is -0.122. The molecule has 0 saturated carbocycles. The van der Waals surface area contributed by atoms with Gasteiger partial charge in [0.15, 0.2) is 11.6 Å². The van der Waals surface area contributed by atoms with Gasteiger partial charge in [-0.15, -0.1) is 5.10 Å². The van der Waals surface area contributed by atoms with Crippen molar-refractivity contribution in [3.63, 3.8) is 0 Å². The first kappa shape index (κ1) is 23.9. The predicted octanol–water partition coefficient (Wildman–Crippen LogP) is 3.02. The molecule has 1 aliphatic rings. The molecule has 0 aliphatic carbocycles. The minimum atomic E-state index is -0.103. The van der Waals surface area contributed by atoms with E-state index in [1.54, 1.807) is 11.8 Å². The van der Waals surface area contributed by atoms with E-state index in [2.05, 4.69) is 34.5 Å². The van der Waals surface area contributed by atoms with Crippen LogP contribution in [0.15, 0.2) is 48.5 Å². The molecule has 1 saturated heterocycles. The normalized spacial score (nSPS) is 14.4. The fourth-order valence-electron chi connectivity index (χ4n) is 3.99. The number of hydrogen-bond acceptors (Lipinski definition) is 6. The smallest absolute Gasteiger partial charge is 0.242 e. The average molecular weight is 464 g/mol. The van der Waals surface area contributed by atoms with Crippen LogP contribution in [0.25, 0.3) is 22.8 Å². The minimum Gasteiger partial charge on any atom is -0.497 e. The minimum absolute atomic E-state index is 0.0563. The first-order chi connectivity index (χ1) is 16.5. The highest BCUT2D eigenvalue weighted by atomic mass is 16.5. The summed E-state index contributed by atoms with van der Waals surface area (Å²) in [5, 5.41) is 7.62. The maximum Gasteiger partial charge on any atom is 0.242 e. The molecule has 0 unspecified atom stereocenters. The molecule has 0 spiro atoms.